The highest BCUT2D eigenvalue weighted by Crippen LogP contribution is 2.18. The van der Waals surface area contributed by atoms with Gasteiger partial charge >= 0.3 is 0 Å². The van der Waals surface area contributed by atoms with Gasteiger partial charge in [-0.1, -0.05) is 18.2 Å². The molecule has 5 heteroatoms. The first-order valence-corrected chi connectivity index (χ1v) is 8.02. The van der Waals surface area contributed by atoms with Gasteiger partial charge in [0.2, 0.25) is 5.91 Å². The lowest BCUT2D eigenvalue weighted by molar-refractivity contribution is -0.121. The van der Waals surface area contributed by atoms with Gasteiger partial charge < -0.3 is 5.32 Å². The van der Waals surface area contributed by atoms with Crippen molar-refractivity contribution in [2.45, 2.75) is 19.4 Å². The van der Waals surface area contributed by atoms with Gasteiger partial charge in [0.15, 0.2) is 0 Å². The third-order valence-electron chi connectivity index (χ3n) is 3.42. The Balaban J connectivity index is 1.60. The molecule has 1 N–H and O–H groups in total. The van der Waals surface area contributed by atoms with Crippen molar-refractivity contribution < 1.29 is 4.79 Å². The largest absolute Gasteiger partial charge is 0.348 e. The lowest BCUT2D eigenvalue weighted by atomic mass is 10.1. The zero-order chi connectivity index (χ0) is 15.4. The number of carbonyl (C=O) groups is 1. The molecule has 2 aromatic heterocycles. The summed E-state index contributed by atoms with van der Waals surface area (Å²) >= 11 is 1.66. The van der Waals surface area contributed by atoms with E-state index >= 15 is 0 Å². The van der Waals surface area contributed by atoms with Gasteiger partial charge in [-0.2, -0.15) is 5.10 Å². The molecule has 3 rings (SSSR count). The van der Waals surface area contributed by atoms with E-state index in [1.165, 1.54) is 4.88 Å². The van der Waals surface area contributed by atoms with Crippen LogP contribution in [0, 0.1) is 0 Å². The third-order valence-corrected chi connectivity index (χ3v) is 4.47. The molecular formula is C17H17N3OS. The maximum Gasteiger partial charge on any atom is 0.224 e. The summed E-state index contributed by atoms with van der Waals surface area (Å²) in [5, 5.41) is 9.23. The Bertz CT molecular complexity index is 718. The lowest BCUT2D eigenvalue weighted by Gasteiger charge is -2.12. The fraction of sp³-hybridized carbons (Fsp3) is 0.176. The van der Waals surface area contributed by atoms with Crippen LogP contribution in [0.25, 0.3) is 5.69 Å². The van der Waals surface area contributed by atoms with Crippen LogP contribution in [0.2, 0.25) is 0 Å². The number of benzene rings is 1. The standard InChI is InChI=1S/C17H17N3OS/c1-13(16-4-2-11-22-16)19-17(21)12-14-5-7-15(8-6-14)20-10-3-9-18-20/h2-11,13H,12H2,1H3,(H,19,21)/t13-/m1/s1. The van der Waals surface area contributed by atoms with Crippen LogP contribution in [-0.2, 0) is 11.2 Å². The van der Waals surface area contributed by atoms with Crippen LogP contribution in [-0.4, -0.2) is 15.7 Å². The van der Waals surface area contributed by atoms with E-state index in [1.807, 2.05) is 61.0 Å². The maximum absolute atomic E-state index is 12.1. The first-order valence-electron chi connectivity index (χ1n) is 7.14. The minimum Gasteiger partial charge on any atom is -0.348 e. The molecule has 0 aliphatic rings. The molecule has 0 fully saturated rings. The zero-order valence-electron chi connectivity index (χ0n) is 12.3. The summed E-state index contributed by atoms with van der Waals surface area (Å²) in [7, 11) is 0. The molecule has 0 aliphatic carbocycles. The van der Waals surface area contributed by atoms with Gasteiger partial charge in [-0.15, -0.1) is 11.3 Å². The number of hydrogen-bond acceptors (Lipinski definition) is 3. The molecule has 22 heavy (non-hydrogen) atoms. The zero-order valence-corrected chi connectivity index (χ0v) is 13.1. The molecular weight excluding hydrogens is 294 g/mol. The SMILES string of the molecule is C[C@@H](NC(=O)Cc1ccc(-n2cccn2)cc1)c1cccs1. The average Bonchev–Trinajstić information content (AvgIpc) is 3.21. The van der Waals surface area contributed by atoms with E-state index in [0.29, 0.717) is 6.42 Å². The Hall–Kier alpha value is -2.40. The number of nitrogens with zero attached hydrogens (tertiary/aromatic N) is 2. The molecule has 0 unspecified atom stereocenters. The number of aromatic nitrogens is 2. The summed E-state index contributed by atoms with van der Waals surface area (Å²) < 4.78 is 1.79. The quantitative estimate of drug-likeness (QED) is 0.785. The number of thiophene rings is 1. The van der Waals surface area contributed by atoms with Crippen LogP contribution in [0.15, 0.2) is 60.2 Å². The molecule has 2 heterocycles. The van der Waals surface area contributed by atoms with E-state index in [2.05, 4.69) is 10.4 Å². The molecule has 112 valence electrons. The Morgan fingerprint density at radius 2 is 2.09 bits per heavy atom. The van der Waals surface area contributed by atoms with Crippen molar-refractivity contribution in [2.24, 2.45) is 0 Å². The van der Waals surface area contributed by atoms with Crippen molar-refractivity contribution in [2.75, 3.05) is 0 Å². The smallest absolute Gasteiger partial charge is 0.224 e. The molecule has 1 aromatic carbocycles. The summed E-state index contributed by atoms with van der Waals surface area (Å²) in [5.41, 5.74) is 1.98. The highest BCUT2D eigenvalue weighted by molar-refractivity contribution is 7.10. The Morgan fingerprint density at radius 3 is 2.73 bits per heavy atom. The molecule has 3 aromatic rings. The second kappa shape index (κ2) is 6.58. The third kappa shape index (κ3) is 3.43. The van der Waals surface area contributed by atoms with Crippen LogP contribution < -0.4 is 5.32 Å². The lowest BCUT2D eigenvalue weighted by Crippen LogP contribution is -2.27. The fourth-order valence-electron chi connectivity index (χ4n) is 2.27. The summed E-state index contributed by atoms with van der Waals surface area (Å²) in [6, 6.07) is 13.8. The van der Waals surface area contributed by atoms with Crippen molar-refractivity contribution in [3.8, 4) is 5.69 Å². The molecule has 0 spiro atoms. The predicted octanol–water partition coefficient (Wildman–Crippen LogP) is 3.35. The minimum atomic E-state index is 0.0349. The Labute approximate surface area is 133 Å². The van der Waals surface area contributed by atoms with Crippen molar-refractivity contribution >= 4 is 17.2 Å². The van der Waals surface area contributed by atoms with Gasteiger partial charge in [-0.25, -0.2) is 4.68 Å². The fourth-order valence-corrected chi connectivity index (χ4v) is 3.01. The number of nitrogens with one attached hydrogen (secondary N) is 1. The number of hydrogen-bond donors (Lipinski definition) is 1. The van der Waals surface area contributed by atoms with E-state index in [1.54, 1.807) is 22.2 Å². The molecule has 0 saturated carbocycles. The second-order valence-corrected chi connectivity index (χ2v) is 6.08. The Morgan fingerprint density at radius 1 is 1.27 bits per heavy atom. The predicted molar refractivity (Wildman–Crippen MR) is 88.1 cm³/mol. The summed E-state index contributed by atoms with van der Waals surface area (Å²) in [4.78, 5) is 13.3. The first kappa shape index (κ1) is 14.5. The van der Waals surface area contributed by atoms with Gasteiger partial charge in [-0.05, 0) is 42.1 Å². The van der Waals surface area contributed by atoms with Crippen molar-refractivity contribution in [3.05, 3.63) is 70.7 Å². The molecule has 1 atom stereocenters. The van der Waals surface area contributed by atoms with E-state index in [9.17, 15) is 4.79 Å². The van der Waals surface area contributed by atoms with Gasteiger partial charge in [0.05, 0.1) is 18.2 Å². The first-order chi connectivity index (χ1) is 10.7. The normalized spacial score (nSPS) is 12.0. The second-order valence-electron chi connectivity index (χ2n) is 5.10. The molecule has 0 aliphatic heterocycles. The van der Waals surface area contributed by atoms with Crippen LogP contribution in [0.3, 0.4) is 0 Å². The molecule has 0 bridgehead atoms. The van der Waals surface area contributed by atoms with Crippen LogP contribution in [0.4, 0.5) is 0 Å². The van der Waals surface area contributed by atoms with E-state index < -0.39 is 0 Å². The van der Waals surface area contributed by atoms with Gasteiger partial charge in [0, 0.05) is 17.3 Å². The average molecular weight is 311 g/mol. The van der Waals surface area contributed by atoms with Crippen molar-refractivity contribution in [1.29, 1.82) is 0 Å². The van der Waals surface area contributed by atoms with Gasteiger partial charge in [0.1, 0.15) is 0 Å². The van der Waals surface area contributed by atoms with Gasteiger partial charge in [0.25, 0.3) is 0 Å². The summed E-state index contributed by atoms with van der Waals surface area (Å²) in [6.45, 7) is 2.00. The van der Waals surface area contributed by atoms with E-state index in [4.69, 9.17) is 0 Å². The topological polar surface area (TPSA) is 46.9 Å². The highest BCUT2D eigenvalue weighted by atomic mass is 32.1. The van der Waals surface area contributed by atoms with Crippen LogP contribution in [0.1, 0.15) is 23.4 Å². The minimum absolute atomic E-state index is 0.0349. The Kier molecular flexibility index (Phi) is 4.34. The number of rotatable bonds is 5. The number of amides is 1. The molecule has 1 amide bonds. The summed E-state index contributed by atoms with van der Waals surface area (Å²) in [5.74, 6) is 0.0349. The molecule has 0 saturated heterocycles. The van der Waals surface area contributed by atoms with Crippen molar-refractivity contribution in [1.82, 2.24) is 15.1 Å². The molecule has 4 nitrogen and oxygen atoms in total. The maximum atomic E-state index is 12.1. The van der Waals surface area contributed by atoms with E-state index in [0.717, 1.165) is 11.3 Å². The van der Waals surface area contributed by atoms with Crippen LogP contribution >= 0.6 is 11.3 Å². The van der Waals surface area contributed by atoms with Gasteiger partial charge in [-0.3, -0.25) is 4.79 Å². The molecule has 0 radical (unpaired) electrons. The highest BCUT2D eigenvalue weighted by Gasteiger charge is 2.10. The van der Waals surface area contributed by atoms with E-state index in [-0.39, 0.29) is 11.9 Å². The van der Waals surface area contributed by atoms with Crippen molar-refractivity contribution in [3.63, 3.8) is 0 Å². The number of carbonyl (C=O) groups excluding carboxylic acids is 1. The summed E-state index contributed by atoms with van der Waals surface area (Å²) in [6.07, 6.45) is 4.02. The monoisotopic (exact) mass is 311 g/mol. The van der Waals surface area contributed by atoms with Crippen LogP contribution in [0.5, 0.6) is 0 Å².